The first kappa shape index (κ1) is 11.2. The molecule has 0 aromatic heterocycles. The van der Waals surface area contributed by atoms with Crippen LogP contribution in [0.2, 0.25) is 0 Å². The summed E-state index contributed by atoms with van der Waals surface area (Å²) in [4.78, 5) is 31.0. The maximum absolute atomic E-state index is 10.7. The number of carbonyl (C=O) groups excluding carboxylic acids is 2. The molecule has 0 saturated heterocycles. The van der Waals surface area contributed by atoms with Crippen molar-refractivity contribution in [3.63, 3.8) is 0 Å². The second kappa shape index (κ2) is 4.93. The smallest absolute Gasteiger partial charge is 0.330 e. The molecule has 8 nitrogen and oxygen atoms in total. The van der Waals surface area contributed by atoms with Gasteiger partial charge in [0.1, 0.15) is 6.04 Å². The van der Waals surface area contributed by atoms with Crippen LogP contribution in [0, 0.1) is 0 Å². The normalized spacial score (nSPS) is 11.5. The number of amides is 3. The van der Waals surface area contributed by atoms with E-state index in [1.54, 1.807) is 5.43 Å². The fourth-order valence-electron chi connectivity index (χ4n) is 0.469. The van der Waals surface area contributed by atoms with Gasteiger partial charge in [-0.25, -0.2) is 10.2 Å². The molecule has 0 aliphatic heterocycles. The van der Waals surface area contributed by atoms with E-state index in [0.717, 1.165) is 0 Å². The summed E-state index contributed by atoms with van der Waals surface area (Å²) in [5, 5.41) is 8.29. The van der Waals surface area contributed by atoms with Crippen molar-refractivity contribution >= 4 is 17.9 Å². The quantitative estimate of drug-likeness (QED) is 0.312. The number of hydrogen-bond acceptors (Lipinski definition) is 4. The van der Waals surface area contributed by atoms with Crippen molar-refractivity contribution in [2.24, 2.45) is 11.5 Å². The largest absolute Gasteiger partial charge is 0.480 e. The lowest BCUT2D eigenvalue weighted by Gasteiger charge is -2.06. The zero-order valence-corrected chi connectivity index (χ0v) is 6.61. The third-order valence-electron chi connectivity index (χ3n) is 1.05. The molecule has 8 heteroatoms. The lowest BCUT2D eigenvalue weighted by atomic mass is 10.2. The number of urea groups is 1. The van der Waals surface area contributed by atoms with Gasteiger partial charge in [-0.3, -0.25) is 15.0 Å². The molecular formula is C5H10N4O4. The predicted octanol–water partition coefficient (Wildman–Crippen LogP) is -2.51. The fraction of sp³-hybridized carbons (Fsp3) is 0.400. The first-order valence-corrected chi connectivity index (χ1v) is 3.26. The van der Waals surface area contributed by atoms with E-state index < -0.39 is 30.4 Å². The van der Waals surface area contributed by atoms with Gasteiger partial charge in [-0.2, -0.15) is 0 Å². The third-order valence-corrected chi connectivity index (χ3v) is 1.05. The molecular weight excluding hydrogens is 180 g/mol. The monoisotopic (exact) mass is 190 g/mol. The Morgan fingerprint density at radius 1 is 1.31 bits per heavy atom. The molecule has 13 heavy (non-hydrogen) atoms. The summed E-state index contributed by atoms with van der Waals surface area (Å²) >= 11 is 0. The molecule has 7 N–H and O–H groups in total. The van der Waals surface area contributed by atoms with Gasteiger partial charge < -0.3 is 16.6 Å². The van der Waals surface area contributed by atoms with E-state index in [2.05, 4.69) is 5.73 Å². The standard InChI is InChI=1S/C5H10N4O4/c6-2(4(11)12)1-3(10)8-9-5(7)13/h2H,1,6H2,(H,8,10)(H,11,12)(H3,7,9,13)/t2-/m0/s1. The minimum atomic E-state index is -1.30. The van der Waals surface area contributed by atoms with Crippen molar-refractivity contribution in [1.29, 1.82) is 0 Å². The number of rotatable bonds is 3. The Balaban J connectivity index is 3.74. The Labute approximate surface area is 73.2 Å². The van der Waals surface area contributed by atoms with Crippen molar-refractivity contribution in [2.75, 3.05) is 0 Å². The van der Waals surface area contributed by atoms with Crippen LogP contribution in [0.25, 0.3) is 0 Å². The SMILES string of the molecule is NC(=O)NNC(=O)C[C@H](N)C(=O)O. The first-order chi connectivity index (χ1) is 5.93. The van der Waals surface area contributed by atoms with Crippen LogP contribution in [-0.2, 0) is 9.59 Å². The molecule has 0 saturated carbocycles. The molecule has 0 unspecified atom stereocenters. The highest BCUT2D eigenvalue weighted by Crippen LogP contribution is 1.86. The minimum absolute atomic E-state index is 0.435. The summed E-state index contributed by atoms with van der Waals surface area (Å²) < 4.78 is 0. The van der Waals surface area contributed by atoms with E-state index in [1.807, 2.05) is 5.43 Å². The summed E-state index contributed by atoms with van der Waals surface area (Å²) in [6.07, 6.45) is -0.435. The molecule has 0 bridgehead atoms. The molecule has 0 spiro atoms. The van der Waals surface area contributed by atoms with E-state index in [9.17, 15) is 14.4 Å². The van der Waals surface area contributed by atoms with Gasteiger partial charge in [0.25, 0.3) is 0 Å². The van der Waals surface area contributed by atoms with Crippen LogP contribution < -0.4 is 22.3 Å². The number of nitrogens with two attached hydrogens (primary N) is 2. The maximum Gasteiger partial charge on any atom is 0.330 e. The molecule has 0 aromatic rings. The van der Waals surface area contributed by atoms with Gasteiger partial charge in [0.05, 0.1) is 6.42 Å². The van der Waals surface area contributed by atoms with Crippen molar-refractivity contribution in [2.45, 2.75) is 12.5 Å². The van der Waals surface area contributed by atoms with E-state index in [0.29, 0.717) is 0 Å². The Hall–Kier alpha value is -1.83. The summed E-state index contributed by atoms with van der Waals surface area (Å²) in [7, 11) is 0. The second-order valence-corrected chi connectivity index (χ2v) is 2.19. The molecule has 0 aliphatic carbocycles. The van der Waals surface area contributed by atoms with Crippen molar-refractivity contribution in [1.82, 2.24) is 10.9 Å². The van der Waals surface area contributed by atoms with Crippen LogP contribution in [0.15, 0.2) is 0 Å². The molecule has 0 rings (SSSR count). The van der Waals surface area contributed by atoms with Gasteiger partial charge >= 0.3 is 12.0 Å². The molecule has 0 aromatic carbocycles. The zero-order valence-electron chi connectivity index (χ0n) is 6.61. The van der Waals surface area contributed by atoms with Gasteiger partial charge in [-0.15, -0.1) is 0 Å². The number of carboxylic acid groups (broad SMARTS) is 1. The molecule has 0 radical (unpaired) electrons. The average Bonchev–Trinajstić information content (AvgIpc) is 2.00. The van der Waals surface area contributed by atoms with Gasteiger partial charge in [-0.05, 0) is 0 Å². The number of nitrogens with one attached hydrogen (secondary N) is 2. The van der Waals surface area contributed by atoms with E-state index in [4.69, 9.17) is 10.8 Å². The minimum Gasteiger partial charge on any atom is -0.480 e. The van der Waals surface area contributed by atoms with Crippen LogP contribution in [0.1, 0.15) is 6.42 Å². The predicted molar refractivity (Wildman–Crippen MR) is 41.1 cm³/mol. The van der Waals surface area contributed by atoms with E-state index in [-0.39, 0.29) is 0 Å². The van der Waals surface area contributed by atoms with Crippen LogP contribution in [0.5, 0.6) is 0 Å². The molecule has 0 fully saturated rings. The number of hydrazine groups is 1. The van der Waals surface area contributed by atoms with E-state index >= 15 is 0 Å². The molecule has 3 amide bonds. The lowest BCUT2D eigenvalue weighted by Crippen LogP contribution is -2.47. The number of carbonyl (C=O) groups is 3. The van der Waals surface area contributed by atoms with Crippen LogP contribution in [0.3, 0.4) is 0 Å². The zero-order chi connectivity index (χ0) is 10.4. The molecule has 0 heterocycles. The highest BCUT2D eigenvalue weighted by Gasteiger charge is 2.15. The van der Waals surface area contributed by atoms with Gasteiger partial charge in [-0.1, -0.05) is 0 Å². The van der Waals surface area contributed by atoms with Crippen LogP contribution in [0.4, 0.5) is 4.79 Å². The topological polar surface area (TPSA) is 148 Å². The van der Waals surface area contributed by atoms with Crippen LogP contribution >= 0.6 is 0 Å². The number of primary amides is 1. The fourth-order valence-corrected chi connectivity index (χ4v) is 0.469. The van der Waals surface area contributed by atoms with Gasteiger partial charge in [0.2, 0.25) is 5.91 Å². The highest BCUT2D eigenvalue weighted by atomic mass is 16.4. The third kappa shape index (κ3) is 5.44. The summed E-state index contributed by atoms with van der Waals surface area (Å²) in [6.45, 7) is 0. The van der Waals surface area contributed by atoms with Crippen molar-refractivity contribution in [3.05, 3.63) is 0 Å². The Kier molecular flexibility index (Phi) is 4.24. The van der Waals surface area contributed by atoms with Crippen molar-refractivity contribution in [3.8, 4) is 0 Å². The Bertz CT molecular complexity index is 229. The summed E-state index contributed by atoms with van der Waals surface area (Å²) in [5.41, 5.74) is 13.3. The van der Waals surface area contributed by atoms with E-state index in [1.165, 1.54) is 0 Å². The summed E-state index contributed by atoms with van der Waals surface area (Å²) in [5.74, 6) is -2.03. The second-order valence-electron chi connectivity index (χ2n) is 2.19. The van der Waals surface area contributed by atoms with Gasteiger partial charge in [0.15, 0.2) is 0 Å². The Morgan fingerprint density at radius 3 is 2.23 bits per heavy atom. The first-order valence-electron chi connectivity index (χ1n) is 3.26. The average molecular weight is 190 g/mol. The maximum atomic E-state index is 10.7. The molecule has 1 atom stereocenters. The van der Waals surface area contributed by atoms with Crippen molar-refractivity contribution < 1.29 is 19.5 Å². The number of carboxylic acids is 1. The Morgan fingerprint density at radius 2 is 1.85 bits per heavy atom. The highest BCUT2D eigenvalue weighted by molar-refractivity contribution is 5.85. The lowest BCUT2D eigenvalue weighted by molar-refractivity contribution is -0.140. The number of hydrogen-bond donors (Lipinski definition) is 5. The molecule has 74 valence electrons. The molecule has 0 aliphatic rings. The number of aliphatic carboxylic acids is 1. The van der Waals surface area contributed by atoms with Gasteiger partial charge in [0, 0.05) is 0 Å². The van der Waals surface area contributed by atoms with Crippen LogP contribution in [-0.4, -0.2) is 29.1 Å². The summed E-state index contributed by atoms with van der Waals surface area (Å²) in [6, 6.07) is -2.24.